The van der Waals surface area contributed by atoms with Crippen LogP contribution in [0, 0.1) is 0 Å². The van der Waals surface area contributed by atoms with Crippen molar-refractivity contribution in [3.05, 3.63) is 29.3 Å². The Labute approximate surface area is 129 Å². The Morgan fingerprint density at radius 2 is 1.76 bits per heavy atom. The normalized spacial score (nSPS) is 15.3. The smallest absolute Gasteiger partial charge is 0.315 e. The number of hydrogen-bond donors (Lipinski definition) is 3. The van der Waals surface area contributed by atoms with Gasteiger partial charge in [0.25, 0.3) is 0 Å². The van der Waals surface area contributed by atoms with Crippen LogP contribution >= 0.6 is 11.6 Å². The maximum Gasteiger partial charge on any atom is 0.315 e. The molecule has 1 aliphatic rings. The maximum atomic E-state index is 11.7. The molecule has 0 heterocycles. The number of hydrogen-bond acceptors (Lipinski definition) is 2. The number of amides is 3. The molecule has 1 saturated carbocycles. The molecule has 0 atom stereocenters. The van der Waals surface area contributed by atoms with Crippen molar-refractivity contribution in [1.82, 2.24) is 10.6 Å². The Bertz CT molecular complexity index is 484. The van der Waals surface area contributed by atoms with Crippen molar-refractivity contribution in [2.24, 2.45) is 0 Å². The molecule has 3 N–H and O–H groups in total. The van der Waals surface area contributed by atoms with Gasteiger partial charge in [0.05, 0.1) is 6.54 Å². The lowest BCUT2D eigenvalue weighted by molar-refractivity contribution is -0.115. The number of carbonyl (C=O) groups excluding carboxylic acids is 2. The quantitative estimate of drug-likeness (QED) is 0.800. The van der Waals surface area contributed by atoms with Crippen LogP contribution < -0.4 is 16.0 Å². The predicted molar refractivity (Wildman–Crippen MR) is 83.5 cm³/mol. The van der Waals surface area contributed by atoms with Gasteiger partial charge in [-0.15, -0.1) is 0 Å². The molecule has 21 heavy (non-hydrogen) atoms. The summed E-state index contributed by atoms with van der Waals surface area (Å²) in [5.74, 6) is -0.267. The molecule has 5 nitrogen and oxygen atoms in total. The van der Waals surface area contributed by atoms with Gasteiger partial charge in [-0.05, 0) is 37.1 Å². The summed E-state index contributed by atoms with van der Waals surface area (Å²) in [4.78, 5) is 23.4. The van der Waals surface area contributed by atoms with E-state index in [0.29, 0.717) is 10.7 Å². The standard InChI is InChI=1S/C15H20ClN3O2/c16-11-6-8-13(9-7-11)18-14(20)10-17-15(21)19-12-4-2-1-3-5-12/h6-9,12H,1-5,10H2,(H,18,20)(H2,17,19,21). The van der Waals surface area contributed by atoms with E-state index in [1.807, 2.05) is 0 Å². The van der Waals surface area contributed by atoms with Crippen LogP contribution in [0.2, 0.25) is 5.02 Å². The van der Waals surface area contributed by atoms with Gasteiger partial charge < -0.3 is 16.0 Å². The van der Waals surface area contributed by atoms with Crippen LogP contribution in [0.5, 0.6) is 0 Å². The van der Waals surface area contributed by atoms with Gasteiger partial charge in [-0.2, -0.15) is 0 Å². The zero-order chi connectivity index (χ0) is 15.1. The van der Waals surface area contributed by atoms with E-state index in [1.54, 1.807) is 24.3 Å². The molecular formula is C15H20ClN3O2. The molecule has 3 amide bonds. The minimum Gasteiger partial charge on any atom is -0.335 e. The molecule has 1 aromatic rings. The van der Waals surface area contributed by atoms with Crippen molar-refractivity contribution in [3.63, 3.8) is 0 Å². The lowest BCUT2D eigenvalue weighted by Gasteiger charge is -2.22. The van der Waals surface area contributed by atoms with E-state index < -0.39 is 0 Å². The van der Waals surface area contributed by atoms with Crippen molar-refractivity contribution in [3.8, 4) is 0 Å². The highest BCUT2D eigenvalue weighted by Gasteiger charge is 2.15. The minimum absolute atomic E-state index is 0.0544. The summed E-state index contributed by atoms with van der Waals surface area (Å²) in [5.41, 5.74) is 0.652. The third kappa shape index (κ3) is 5.63. The average molecular weight is 310 g/mol. The van der Waals surface area contributed by atoms with Crippen LogP contribution in [0.25, 0.3) is 0 Å². The molecule has 0 aliphatic heterocycles. The first-order valence-corrected chi connectivity index (χ1v) is 7.61. The topological polar surface area (TPSA) is 70.2 Å². The summed E-state index contributed by atoms with van der Waals surface area (Å²) < 4.78 is 0. The molecule has 1 fully saturated rings. The predicted octanol–water partition coefficient (Wildman–Crippen LogP) is 2.91. The van der Waals surface area contributed by atoms with E-state index in [-0.39, 0.29) is 24.5 Å². The number of urea groups is 1. The van der Waals surface area contributed by atoms with Crippen molar-refractivity contribution in [2.45, 2.75) is 38.1 Å². The molecule has 0 saturated heterocycles. The fraction of sp³-hybridized carbons (Fsp3) is 0.467. The first-order chi connectivity index (χ1) is 10.1. The van der Waals surface area contributed by atoms with Gasteiger partial charge in [0.2, 0.25) is 5.91 Å². The van der Waals surface area contributed by atoms with E-state index in [1.165, 1.54) is 6.42 Å². The zero-order valence-corrected chi connectivity index (χ0v) is 12.6. The first kappa shape index (κ1) is 15.6. The number of anilines is 1. The first-order valence-electron chi connectivity index (χ1n) is 7.23. The lowest BCUT2D eigenvalue weighted by atomic mass is 9.96. The molecule has 114 valence electrons. The van der Waals surface area contributed by atoms with Gasteiger partial charge in [-0.25, -0.2) is 4.79 Å². The second-order valence-corrected chi connectivity index (χ2v) is 5.65. The summed E-state index contributed by atoms with van der Waals surface area (Å²) in [6.45, 7) is -0.0544. The van der Waals surface area contributed by atoms with Gasteiger partial charge in [0.15, 0.2) is 0 Å². The summed E-state index contributed by atoms with van der Waals surface area (Å²) in [5, 5.41) is 8.77. The van der Waals surface area contributed by atoms with Crippen LogP contribution in [0.4, 0.5) is 10.5 Å². The molecule has 1 aliphatic carbocycles. The van der Waals surface area contributed by atoms with Crippen LogP contribution in [0.1, 0.15) is 32.1 Å². The number of benzene rings is 1. The SMILES string of the molecule is O=C(CNC(=O)NC1CCCCC1)Nc1ccc(Cl)cc1. The van der Waals surface area contributed by atoms with Crippen LogP contribution in [-0.2, 0) is 4.79 Å². The molecule has 6 heteroatoms. The van der Waals surface area contributed by atoms with Gasteiger partial charge >= 0.3 is 6.03 Å². The fourth-order valence-corrected chi connectivity index (χ4v) is 2.51. The molecule has 2 rings (SSSR count). The number of carbonyl (C=O) groups is 2. The molecule has 0 unspecified atom stereocenters. The Morgan fingerprint density at radius 1 is 1.10 bits per heavy atom. The van der Waals surface area contributed by atoms with Crippen molar-refractivity contribution >= 4 is 29.2 Å². The van der Waals surface area contributed by atoms with Crippen LogP contribution in [0.15, 0.2) is 24.3 Å². The Kier molecular flexibility index (Phi) is 5.87. The Hall–Kier alpha value is -1.75. The van der Waals surface area contributed by atoms with Gasteiger partial charge in [0.1, 0.15) is 0 Å². The highest BCUT2D eigenvalue weighted by molar-refractivity contribution is 6.30. The summed E-state index contributed by atoms with van der Waals surface area (Å²) in [7, 11) is 0. The summed E-state index contributed by atoms with van der Waals surface area (Å²) >= 11 is 5.77. The average Bonchev–Trinajstić information content (AvgIpc) is 2.49. The molecule has 0 radical (unpaired) electrons. The summed E-state index contributed by atoms with van der Waals surface area (Å²) in [6, 6.07) is 6.76. The minimum atomic E-state index is -0.284. The Morgan fingerprint density at radius 3 is 2.43 bits per heavy atom. The third-order valence-electron chi connectivity index (χ3n) is 3.48. The number of rotatable bonds is 4. The van der Waals surface area contributed by atoms with E-state index in [9.17, 15) is 9.59 Å². The Balaban J connectivity index is 1.68. The fourth-order valence-electron chi connectivity index (χ4n) is 2.38. The largest absolute Gasteiger partial charge is 0.335 e. The molecular weight excluding hydrogens is 290 g/mol. The maximum absolute atomic E-state index is 11.7. The van der Waals surface area contributed by atoms with Crippen molar-refractivity contribution in [2.75, 3.05) is 11.9 Å². The summed E-state index contributed by atoms with van der Waals surface area (Å²) in [6.07, 6.45) is 5.59. The monoisotopic (exact) mass is 309 g/mol. The van der Waals surface area contributed by atoms with Gasteiger partial charge in [0, 0.05) is 16.8 Å². The number of halogens is 1. The molecule has 0 aromatic heterocycles. The lowest BCUT2D eigenvalue weighted by Crippen LogP contribution is -2.45. The van der Waals surface area contributed by atoms with Crippen LogP contribution in [-0.4, -0.2) is 24.5 Å². The number of nitrogens with one attached hydrogen (secondary N) is 3. The second-order valence-electron chi connectivity index (χ2n) is 5.22. The van der Waals surface area contributed by atoms with E-state index in [0.717, 1.165) is 25.7 Å². The molecule has 1 aromatic carbocycles. The van der Waals surface area contributed by atoms with E-state index in [2.05, 4.69) is 16.0 Å². The van der Waals surface area contributed by atoms with Crippen LogP contribution in [0.3, 0.4) is 0 Å². The second kappa shape index (κ2) is 7.88. The third-order valence-corrected chi connectivity index (χ3v) is 3.73. The van der Waals surface area contributed by atoms with E-state index in [4.69, 9.17) is 11.6 Å². The van der Waals surface area contributed by atoms with Crippen molar-refractivity contribution < 1.29 is 9.59 Å². The van der Waals surface area contributed by atoms with E-state index >= 15 is 0 Å². The molecule has 0 spiro atoms. The molecule has 0 bridgehead atoms. The highest BCUT2D eigenvalue weighted by Crippen LogP contribution is 2.17. The zero-order valence-electron chi connectivity index (χ0n) is 11.8. The van der Waals surface area contributed by atoms with Gasteiger partial charge in [-0.1, -0.05) is 30.9 Å². The van der Waals surface area contributed by atoms with Gasteiger partial charge in [-0.3, -0.25) is 4.79 Å². The highest BCUT2D eigenvalue weighted by atomic mass is 35.5. The van der Waals surface area contributed by atoms with Crippen molar-refractivity contribution in [1.29, 1.82) is 0 Å².